The maximum absolute atomic E-state index is 9.02. The molecule has 0 heterocycles. The summed E-state index contributed by atoms with van der Waals surface area (Å²) in [5.74, 6) is 5.78. The second kappa shape index (κ2) is 9.06. The lowest BCUT2D eigenvalue weighted by molar-refractivity contribution is 0.118. The van der Waals surface area contributed by atoms with Crippen LogP contribution in [0.15, 0.2) is 0 Å². The van der Waals surface area contributed by atoms with E-state index in [2.05, 4.69) is 5.32 Å². The standard InChI is InChI=1S/C10H25N3O2/c1-3-9(7-14)12-5-6-13(11)10(4-2)8-15/h9-10,12,14-15H,3-8,11H2,1-2H3. The van der Waals surface area contributed by atoms with E-state index in [4.69, 9.17) is 16.1 Å². The second-order valence-electron chi connectivity index (χ2n) is 3.72. The van der Waals surface area contributed by atoms with E-state index in [1.54, 1.807) is 5.01 Å². The number of aliphatic hydroxyl groups is 2. The van der Waals surface area contributed by atoms with Crippen LogP contribution in [0.4, 0.5) is 0 Å². The number of hydrogen-bond donors (Lipinski definition) is 4. The molecule has 5 N–H and O–H groups in total. The van der Waals surface area contributed by atoms with E-state index in [-0.39, 0.29) is 25.3 Å². The van der Waals surface area contributed by atoms with Crippen LogP contribution in [0.1, 0.15) is 26.7 Å². The molecule has 0 spiro atoms. The minimum absolute atomic E-state index is 0.0287. The zero-order valence-corrected chi connectivity index (χ0v) is 9.82. The van der Waals surface area contributed by atoms with E-state index < -0.39 is 0 Å². The Bertz CT molecular complexity index is 139. The maximum Gasteiger partial charge on any atom is 0.0600 e. The largest absolute Gasteiger partial charge is 0.395 e. The van der Waals surface area contributed by atoms with Gasteiger partial charge in [0.1, 0.15) is 0 Å². The first kappa shape index (κ1) is 14.8. The zero-order valence-electron chi connectivity index (χ0n) is 9.82. The first-order valence-electron chi connectivity index (χ1n) is 5.65. The van der Waals surface area contributed by atoms with Crippen molar-refractivity contribution in [3.05, 3.63) is 0 Å². The van der Waals surface area contributed by atoms with Crippen molar-refractivity contribution < 1.29 is 10.2 Å². The lowest BCUT2D eigenvalue weighted by atomic mass is 10.2. The molecule has 0 aromatic carbocycles. The Morgan fingerprint density at radius 2 is 1.87 bits per heavy atom. The maximum atomic E-state index is 9.02. The second-order valence-corrected chi connectivity index (χ2v) is 3.72. The Kier molecular flexibility index (Phi) is 8.94. The molecule has 0 saturated carbocycles. The minimum atomic E-state index is 0.0287. The van der Waals surface area contributed by atoms with Crippen LogP contribution in [0.3, 0.4) is 0 Å². The minimum Gasteiger partial charge on any atom is -0.395 e. The number of aliphatic hydroxyl groups excluding tert-OH is 2. The van der Waals surface area contributed by atoms with Gasteiger partial charge in [-0.05, 0) is 12.8 Å². The van der Waals surface area contributed by atoms with Gasteiger partial charge in [-0.15, -0.1) is 0 Å². The first-order valence-corrected chi connectivity index (χ1v) is 5.65. The summed E-state index contributed by atoms with van der Waals surface area (Å²) in [5.41, 5.74) is 0. The van der Waals surface area contributed by atoms with Gasteiger partial charge in [-0.2, -0.15) is 0 Å². The summed E-state index contributed by atoms with van der Waals surface area (Å²) in [5, 5.41) is 22.8. The Hall–Kier alpha value is -0.200. The summed E-state index contributed by atoms with van der Waals surface area (Å²) in [6.45, 7) is 5.66. The van der Waals surface area contributed by atoms with Crippen LogP contribution in [0.2, 0.25) is 0 Å². The molecule has 0 aliphatic carbocycles. The molecule has 0 fully saturated rings. The van der Waals surface area contributed by atoms with Crippen molar-refractivity contribution in [2.24, 2.45) is 5.84 Å². The van der Waals surface area contributed by atoms with E-state index in [0.717, 1.165) is 19.4 Å². The summed E-state index contributed by atoms with van der Waals surface area (Å²) in [4.78, 5) is 0. The molecular weight excluding hydrogens is 194 g/mol. The number of nitrogens with one attached hydrogen (secondary N) is 1. The van der Waals surface area contributed by atoms with Crippen LogP contribution in [-0.4, -0.2) is 53.6 Å². The van der Waals surface area contributed by atoms with Gasteiger partial charge in [-0.1, -0.05) is 13.8 Å². The molecule has 5 heteroatoms. The predicted molar refractivity (Wildman–Crippen MR) is 61.2 cm³/mol. The van der Waals surface area contributed by atoms with Crippen LogP contribution in [-0.2, 0) is 0 Å². The van der Waals surface area contributed by atoms with Crippen molar-refractivity contribution in [2.75, 3.05) is 26.3 Å². The highest BCUT2D eigenvalue weighted by Gasteiger charge is 2.11. The van der Waals surface area contributed by atoms with Crippen LogP contribution in [0, 0.1) is 0 Å². The zero-order chi connectivity index (χ0) is 11.7. The topological polar surface area (TPSA) is 81.8 Å². The molecule has 5 nitrogen and oxygen atoms in total. The summed E-state index contributed by atoms with van der Waals surface area (Å²) < 4.78 is 0. The van der Waals surface area contributed by atoms with Gasteiger partial charge in [-0.3, -0.25) is 5.84 Å². The van der Waals surface area contributed by atoms with E-state index in [1.807, 2.05) is 13.8 Å². The molecule has 0 rings (SSSR count). The highest BCUT2D eigenvalue weighted by Crippen LogP contribution is 1.97. The molecule has 0 radical (unpaired) electrons. The fourth-order valence-corrected chi connectivity index (χ4v) is 1.39. The quantitative estimate of drug-likeness (QED) is 0.304. The molecule has 0 aromatic rings. The molecular formula is C10H25N3O2. The molecule has 2 atom stereocenters. The van der Waals surface area contributed by atoms with E-state index in [1.165, 1.54) is 0 Å². The van der Waals surface area contributed by atoms with Crippen molar-refractivity contribution in [2.45, 2.75) is 38.8 Å². The summed E-state index contributed by atoms with van der Waals surface area (Å²) >= 11 is 0. The molecule has 0 aromatic heterocycles. The third-order valence-corrected chi connectivity index (χ3v) is 2.67. The number of rotatable bonds is 9. The van der Waals surface area contributed by atoms with E-state index in [9.17, 15) is 0 Å². The molecule has 0 aliphatic heterocycles. The van der Waals surface area contributed by atoms with Crippen molar-refractivity contribution in [1.82, 2.24) is 10.3 Å². The highest BCUT2D eigenvalue weighted by molar-refractivity contribution is 4.67. The molecule has 0 bridgehead atoms. The summed E-state index contributed by atoms with van der Waals surface area (Å²) in [7, 11) is 0. The Labute approximate surface area is 92.2 Å². The van der Waals surface area contributed by atoms with Gasteiger partial charge in [0.05, 0.1) is 13.2 Å². The molecule has 2 unspecified atom stereocenters. The average molecular weight is 219 g/mol. The van der Waals surface area contributed by atoms with Crippen molar-refractivity contribution in [3.8, 4) is 0 Å². The van der Waals surface area contributed by atoms with Crippen LogP contribution in [0.25, 0.3) is 0 Å². The van der Waals surface area contributed by atoms with E-state index >= 15 is 0 Å². The first-order chi connectivity index (χ1) is 7.19. The van der Waals surface area contributed by atoms with Gasteiger partial charge in [0.2, 0.25) is 0 Å². The summed E-state index contributed by atoms with van der Waals surface area (Å²) in [6, 6.07) is 0.175. The van der Waals surface area contributed by atoms with Gasteiger partial charge in [0.15, 0.2) is 0 Å². The third kappa shape index (κ3) is 6.06. The number of nitrogens with zero attached hydrogens (tertiary/aromatic N) is 1. The fraction of sp³-hybridized carbons (Fsp3) is 1.00. The normalized spacial score (nSPS) is 15.6. The van der Waals surface area contributed by atoms with Crippen LogP contribution >= 0.6 is 0 Å². The van der Waals surface area contributed by atoms with Crippen molar-refractivity contribution in [3.63, 3.8) is 0 Å². The third-order valence-electron chi connectivity index (χ3n) is 2.67. The molecule has 0 saturated heterocycles. The fourth-order valence-electron chi connectivity index (χ4n) is 1.39. The highest BCUT2D eigenvalue weighted by atomic mass is 16.3. The number of nitrogens with two attached hydrogens (primary N) is 1. The average Bonchev–Trinajstić information content (AvgIpc) is 2.26. The molecule has 0 aliphatic rings. The van der Waals surface area contributed by atoms with Crippen molar-refractivity contribution >= 4 is 0 Å². The molecule has 92 valence electrons. The SMILES string of the molecule is CCC(CO)NCCN(N)C(CC)CO. The van der Waals surface area contributed by atoms with Crippen LogP contribution < -0.4 is 11.2 Å². The van der Waals surface area contributed by atoms with Gasteiger partial charge in [0.25, 0.3) is 0 Å². The Balaban J connectivity index is 3.65. The number of hydrogen-bond acceptors (Lipinski definition) is 5. The van der Waals surface area contributed by atoms with Gasteiger partial charge < -0.3 is 15.5 Å². The Morgan fingerprint density at radius 1 is 1.20 bits per heavy atom. The Morgan fingerprint density at radius 3 is 2.27 bits per heavy atom. The molecule has 15 heavy (non-hydrogen) atoms. The summed E-state index contributed by atoms with van der Waals surface area (Å²) in [6.07, 6.45) is 1.74. The lowest BCUT2D eigenvalue weighted by Crippen LogP contribution is -2.47. The predicted octanol–water partition coefficient (Wildman–Crippen LogP) is -0.706. The van der Waals surface area contributed by atoms with Gasteiger partial charge in [-0.25, -0.2) is 5.01 Å². The lowest BCUT2D eigenvalue weighted by Gasteiger charge is -2.25. The van der Waals surface area contributed by atoms with Gasteiger partial charge >= 0.3 is 0 Å². The molecule has 0 amide bonds. The van der Waals surface area contributed by atoms with E-state index in [0.29, 0.717) is 6.54 Å². The smallest absolute Gasteiger partial charge is 0.0600 e. The monoisotopic (exact) mass is 219 g/mol. The van der Waals surface area contributed by atoms with Crippen LogP contribution in [0.5, 0.6) is 0 Å². The van der Waals surface area contributed by atoms with Crippen molar-refractivity contribution in [1.29, 1.82) is 0 Å². The number of hydrazine groups is 1. The van der Waals surface area contributed by atoms with Gasteiger partial charge in [0, 0.05) is 25.2 Å².